The fourth-order valence-electron chi connectivity index (χ4n) is 1.98. The SMILES string of the molecule is CC1COCC(CC(=O)c2ccnn2C)N1. The Morgan fingerprint density at radius 2 is 2.50 bits per heavy atom. The van der Waals surface area contributed by atoms with Crippen LogP contribution in [0.25, 0.3) is 0 Å². The van der Waals surface area contributed by atoms with Crippen molar-refractivity contribution in [2.24, 2.45) is 7.05 Å². The Morgan fingerprint density at radius 3 is 3.12 bits per heavy atom. The lowest BCUT2D eigenvalue weighted by Crippen LogP contribution is -2.48. The zero-order valence-electron chi connectivity index (χ0n) is 9.64. The van der Waals surface area contributed by atoms with Crippen molar-refractivity contribution < 1.29 is 9.53 Å². The van der Waals surface area contributed by atoms with E-state index in [0.29, 0.717) is 24.8 Å². The van der Waals surface area contributed by atoms with Crippen LogP contribution in [0.2, 0.25) is 0 Å². The lowest BCUT2D eigenvalue weighted by molar-refractivity contribution is 0.0462. The predicted octanol–water partition coefficient (Wildman–Crippen LogP) is 0.370. The zero-order chi connectivity index (χ0) is 11.5. The van der Waals surface area contributed by atoms with Crippen molar-refractivity contribution in [3.63, 3.8) is 0 Å². The molecule has 1 saturated heterocycles. The van der Waals surface area contributed by atoms with Gasteiger partial charge in [-0.2, -0.15) is 5.10 Å². The minimum Gasteiger partial charge on any atom is -0.378 e. The summed E-state index contributed by atoms with van der Waals surface area (Å²) in [5.41, 5.74) is 0.653. The molecule has 2 atom stereocenters. The number of carbonyl (C=O) groups excluding carboxylic acids is 1. The smallest absolute Gasteiger partial charge is 0.182 e. The van der Waals surface area contributed by atoms with Crippen LogP contribution in [-0.4, -0.2) is 40.9 Å². The molecule has 2 heterocycles. The van der Waals surface area contributed by atoms with Gasteiger partial charge in [0.1, 0.15) is 5.69 Å². The summed E-state index contributed by atoms with van der Waals surface area (Å²) in [4.78, 5) is 11.9. The Morgan fingerprint density at radius 1 is 1.69 bits per heavy atom. The molecule has 16 heavy (non-hydrogen) atoms. The van der Waals surface area contributed by atoms with Gasteiger partial charge in [-0.15, -0.1) is 0 Å². The number of carbonyl (C=O) groups is 1. The summed E-state index contributed by atoms with van der Waals surface area (Å²) >= 11 is 0. The molecule has 0 aliphatic carbocycles. The number of ether oxygens (including phenoxy) is 1. The summed E-state index contributed by atoms with van der Waals surface area (Å²) in [7, 11) is 1.78. The summed E-state index contributed by atoms with van der Waals surface area (Å²) < 4.78 is 7.01. The van der Waals surface area contributed by atoms with E-state index < -0.39 is 0 Å². The molecule has 0 aromatic carbocycles. The molecule has 2 unspecified atom stereocenters. The molecule has 0 bridgehead atoms. The molecule has 1 fully saturated rings. The predicted molar refractivity (Wildman–Crippen MR) is 59.4 cm³/mol. The second kappa shape index (κ2) is 4.76. The quantitative estimate of drug-likeness (QED) is 0.752. The summed E-state index contributed by atoms with van der Waals surface area (Å²) in [6, 6.07) is 2.18. The van der Waals surface area contributed by atoms with Crippen LogP contribution in [0.15, 0.2) is 12.3 Å². The average molecular weight is 223 g/mol. The van der Waals surface area contributed by atoms with Crippen molar-refractivity contribution in [2.45, 2.75) is 25.4 Å². The molecule has 2 rings (SSSR count). The second-order valence-electron chi connectivity index (χ2n) is 4.27. The zero-order valence-corrected chi connectivity index (χ0v) is 9.64. The Hall–Kier alpha value is -1.20. The number of nitrogens with one attached hydrogen (secondary N) is 1. The minimum atomic E-state index is 0.107. The van der Waals surface area contributed by atoms with Gasteiger partial charge in [-0.3, -0.25) is 9.48 Å². The average Bonchev–Trinajstić information content (AvgIpc) is 2.64. The van der Waals surface area contributed by atoms with Crippen LogP contribution in [-0.2, 0) is 11.8 Å². The third kappa shape index (κ3) is 2.48. The van der Waals surface area contributed by atoms with Gasteiger partial charge >= 0.3 is 0 Å². The van der Waals surface area contributed by atoms with Crippen molar-refractivity contribution in [3.8, 4) is 0 Å². The molecule has 0 saturated carbocycles. The lowest BCUT2D eigenvalue weighted by atomic mass is 10.1. The molecule has 88 valence electrons. The van der Waals surface area contributed by atoms with Crippen LogP contribution >= 0.6 is 0 Å². The first-order valence-electron chi connectivity index (χ1n) is 5.52. The third-order valence-corrected chi connectivity index (χ3v) is 2.75. The Bertz CT molecular complexity index is 375. The largest absolute Gasteiger partial charge is 0.378 e. The van der Waals surface area contributed by atoms with Gasteiger partial charge in [0, 0.05) is 31.7 Å². The van der Waals surface area contributed by atoms with E-state index in [4.69, 9.17) is 4.74 Å². The number of hydrogen-bond acceptors (Lipinski definition) is 4. The lowest BCUT2D eigenvalue weighted by Gasteiger charge is -2.28. The number of morpholine rings is 1. The van der Waals surface area contributed by atoms with E-state index in [-0.39, 0.29) is 11.8 Å². The van der Waals surface area contributed by atoms with E-state index in [1.165, 1.54) is 0 Å². The third-order valence-electron chi connectivity index (χ3n) is 2.75. The van der Waals surface area contributed by atoms with Gasteiger partial charge < -0.3 is 10.1 Å². The number of hydrogen-bond donors (Lipinski definition) is 1. The highest BCUT2D eigenvalue weighted by atomic mass is 16.5. The van der Waals surface area contributed by atoms with Gasteiger partial charge in [-0.25, -0.2) is 0 Å². The van der Waals surface area contributed by atoms with Crippen LogP contribution in [0.5, 0.6) is 0 Å². The van der Waals surface area contributed by atoms with E-state index in [9.17, 15) is 4.79 Å². The van der Waals surface area contributed by atoms with Crippen molar-refractivity contribution in [1.29, 1.82) is 0 Å². The molecular formula is C11H17N3O2. The first kappa shape index (κ1) is 11.3. The fraction of sp³-hybridized carbons (Fsp3) is 0.636. The van der Waals surface area contributed by atoms with E-state index in [1.807, 2.05) is 0 Å². The molecule has 1 aliphatic rings. The van der Waals surface area contributed by atoms with E-state index in [2.05, 4.69) is 17.3 Å². The van der Waals surface area contributed by atoms with E-state index in [1.54, 1.807) is 24.0 Å². The summed E-state index contributed by atoms with van der Waals surface area (Å²) in [5, 5.41) is 7.34. The maximum absolute atomic E-state index is 11.9. The highest BCUT2D eigenvalue weighted by Crippen LogP contribution is 2.08. The Labute approximate surface area is 94.8 Å². The van der Waals surface area contributed by atoms with Crippen LogP contribution in [0.3, 0.4) is 0 Å². The van der Waals surface area contributed by atoms with Gasteiger partial charge in [0.2, 0.25) is 0 Å². The van der Waals surface area contributed by atoms with E-state index >= 15 is 0 Å². The first-order valence-corrected chi connectivity index (χ1v) is 5.52. The maximum atomic E-state index is 11.9. The number of nitrogens with zero attached hydrogens (tertiary/aromatic N) is 2. The number of aryl methyl sites for hydroxylation is 1. The molecule has 0 spiro atoms. The molecule has 1 N–H and O–H groups in total. The first-order chi connectivity index (χ1) is 7.66. The number of rotatable bonds is 3. The number of ketones is 1. The molecular weight excluding hydrogens is 206 g/mol. The standard InChI is InChI=1S/C11H17N3O2/c1-8-6-16-7-9(13-8)5-11(15)10-3-4-12-14(10)2/h3-4,8-9,13H,5-7H2,1-2H3. The summed E-state index contributed by atoms with van der Waals surface area (Å²) in [6.07, 6.45) is 2.10. The maximum Gasteiger partial charge on any atom is 0.182 e. The molecule has 5 heteroatoms. The van der Waals surface area contributed by atoms with Gasteiger partial charge in [0.25, 0.3) is 0 Å². The Kier molecular flexibility index (Phi) is 3.36. The molecule has 0 radical (unpaired) electrons. The number of aromatic nitrogens is 2. The van der Waals surface area contributed by atoms with Crippen molar-refractivity contribution in [1.82, 2.24) is 15.1 Å². The van der Waals surface area contributed by atoms with Crippen molar-refractivity contribution in [3.05, 3.63) is 18.0 Å². The van der Waals surface area contributed by atoms with Gasteiger partial charge in [-0.05, 0) is 13.0 Å². The van der Waals surface area contributed by atoms with Crippen LogP contribution < -0.4 is 5.32 Å². The topological polar surface area (TPSA) is 56.1 Å². The van der Waals surface area contributed by atoms with Gasteiger partial charge in [-0.1, -0.05) is 0 Å². The van der Waals surface area contributed by atoms with Crippen LogP contribution in [0.4, 0.5) is 0 Å². The van der Waals surface area contributed by atoms with Crippen LogP contribution in [0, 0.1) is 0 Å². The fourth-order valence-corrected chi connectivity index (χ4v) is 1.98. The molecule has 1 aromatic heterocycles. The highest BCUT2D eigenvalue weighted by molar-refractivity contribution is 5.94. The highest BCUT2D eigenvalue weighted by Gasteiger charge is 2.22. The second-order valence-corrected chi connectivity index (χ2v) is 4.27. The molecule has 1 aliphatic heterocycles. The Balaban J connectivity index is 1.95. The molecule has 5 nitrogen and oxygen atoms in total. The van der Waals surface area contributed by atoms with Crippen molar-refractivity contribution in [2.75, 3.05) is 13.2 Å². The monoisotopic (exact) mass is 223 g/mol. The summed E-state index contributed by atoms with van der Waals surface area (Å²) in [6.45, 7) is 3.38. The van der Waals surface area contributed by atoms with Crippen molar-refractivity contribution >= 4 is 5.78 Å². The number of Topliss-reactive ketones (excluding diaryl/α,β-unsaturated/α-hetero) is 1. The van der Waals surface area contributed by atoms with Gasteiger partial charge in [0.15, 0.2) is 5.78 Å². The summed E-state index contributed by atoms with van der Waals surface area (Å²) in [5.74, 6) is 0.107. The van der Waals surface area contributed by atoms with E-state index in [0.717, 1.165) is 6.61 Å². The van der Waals surface area contributed by atoms with Crippen LogP contribution in [0.1, 0.15) is 23.8 Å². The minimum absolute atomic E-state index is 0.107. The molecule has 1 aromatic rings. The normalized spacial score (nSPS) is 25.6. The van der Waals surface area contributed by atoms with Gasteiger partial charge in [0.05, 0.1) is 13.2 Å². The molecule has 0 amide bonds.